The topological polar surface area (TPSA) is 68.0 Å². The summed E-state index contributed by atoms with van der Waals surface area (Å²) in [4.78, 5) is 14.9. The zero-order valence-electron chi connectivity index (χ0n) is 8.04. The number of carboxylic acid groups (broad SMARTS) is 1. The molecule has 0 bridgehead atoms. The summed E-state index contributed by atoms with van der Waals surface area (Å²) in [6.07, 6.45) is 3.09. The van der Waals surface area contributed by atoms with E-state index in [1.54, 1.807) is 17.8 Å². The summed E-state index contributed by atoms with van der Waals surface area (Å²) in [5.41, 5.74) is 0.893. The van der Waals surface area contributed by atoms with Gasteiger partial charge in [-0.15, -0.1) is 11.3 Å². The maximum atomic E-state index is 10.8. The summed E-state index contributed by atoms with van der Waals surface area (Å²) in [5, 5.41) is 15.6. The van der Waals surface area contributed by atoms with Gasteiger partial charge >= 0.3 is 5.97 Å². The van der Waals surface area contributed by atoms with Gasteiger partial charge < -0.3 is 5.11 Å². The molecule has 5 nitrogen and oxygen atoms in total. The van der Waals surface area contributed by atoms with Crippen LogP contribution >= 0.6 is 11.3 Å². The van der Waals surface area contributed by atoms with Gasteiger partial charge in [-0.2, -0.15) is 5.10 Å². The van der Waals surface area contributed by atoms with Crippen LogP contribution in [-0.4, -0.2) is 25.8 Å². The second-order valence-electron chi connectivity index (χ2n) is 3.03. The van der Waals surface area contributed by atoms with Crippen LogP contribution in [0.25, 0.3) is 0 Å². The van der Waals surface area contributed by atoms with E-state index in [1.807, 2.05) is 5.38 Å². The second-order valence-corrected chi connectivity index (χ2v) is 4.01. The smallest absolute Gasteiger partial charge is 0.339 e. The van der Waals surface area contributed by atoms with Gasteiger partial charge in [0.1, 0.15) is 10.6 Å². The van der Waals surface area contributed by atoms with Crippen molar-refractivity contribution in [2.75, 3.05) is 0 Å². The van der Waals surface area contributed by atoms with E-state index in [1.165, 1.54) is 17.5 Å². The molecule has 0 aliphatic rings. The Bertz CT molecular complexity index is 476. The molecule has 15 heavy (non-hydrogen) atoms. The Morgan fingerprint density at radius 2 is 2.47 bits per heavy atom. The van der Waals surface area contributed by atoms with Gasteiger partial charge in [-0.1, -0.05) is 0 Å². The maximum Gasteiger partial charge on any atom is 0.339 e. The highest BCUT2D eigenvalue weighted by atomic mass is 32.1. The molecular weight excluding hydrogens is 214 g/mol. The average molecular weight is 223 g/mol. The Morgan fingerprint density at radius 3 is 3.00 bits per heavy atom. The summed E-state index contributed by atoms with van der Waals surface area (Å²) < 4.78 is 1.64. The molecule has 0 atom stereocenters. The minimum Gasteiger partial charge on any atom is -0.478 e. The lowest BCUT2D eigenvalue weighted by atomic mass is 10.3. The molecular formula is C9H9N3O2S. The van der Waals surface area contributed by atoms with E-state index < -0.39 is 5.97 Å². The SMILES string of the molecule is Cc1c(C(=O)O)cnn1Cc1nccs1. The van der Waals surface area contributed by atoms with Crippen molar-refractivity contribution in [3.05, 3.63) is 34.0 Å². The molecule has 0 aliphatic heterocycles. The molecule has 0 unspecified atom stereocenters. The first-order valence-electron chi connectivity index (χ1n) is 4.32. The average Bonchev–Trinajstić information content (AvgIpc) is 2.78. The molecule has 2 heterocycles. The maximum absolute atomic E-state index is 10.8. The van der Waals surface area contributed by atoms with E-state index in [9.17, 15) is 4.79 Å². The molecule has 2 rings (SSSR count). The number of rotatable bonds is 3. The molecule has 1 N–H and O–H groups in total. The molecule has 0 aliphatic carbocycles. The third kappa shape index (κ3) is 1.89. The molecule has 0 radical (unpaired) electrons. The van der Waals surface area contributed by atoms with Crippen molar-refractivity contribution in [1.82, 2.24) is 14.8 Å². The number of thiazole rings is 1. The van der Waals surface area contributed by atoms with Gasteiger partial charge in [0.25, 0.3) is 0 Å². The third-order valence-corrected chi connectivity index (χ3v) is 2.87. The summed E-state index contributed by atoms with van der Waals surface area (Å²) in [6, 6.07) is 0. The van der Waals surface area contributed by atoms with E-state index in [-0.39, 0.29) is 5.56 Å². The standard InChI is InChI=1S/C9H9N3O2S/c1-6-7(9(13)14)4-11-12(6)5-8-10-2-3-15-8/h2-4H,5H2,1H3,(H,13,14). The highest BCUT2D eigenvalue weighted by molar-refractivity contribution is 7.09. The lowest BCUT2D eigenvalue weighted by molar-refractivity contribution is 0.0696. The van der Waals surface area contributed by atoms with Gasteiger partial charge in [-0.05, 0) is 6.92 Å². The largest absolute Gasteiger partial charge is 0.478 e. The monoisotopic (exact) mass is 223 g/mol. The fourth-order valence-electron chi connectivity index (χ4n) is 1.28. The van der Waals surface area contributed by atoms with E-state index in [4.69, 9.17) is 5.11 Å². The minimum absolute atomic E-state index is 0.242. The number of carboxylic acids is 1. The van der Waals surface area contributed by atoms with Gasteiger partial charge in [0.2, 0.25) is 0 Å². The zero-order valence-corrected chi connectivity index (χ0v) is 8.86. The zero-order chi connectivity index (χ0) is 10.8. The molecule has 0 fully saturated rings. The number of nitrogens with zero attached hydrogens (tertiary/aromatic N) is 3. The highest BCUT2D eigenvalue weighted by Crippen LogP contribution is 2.11. The first kappa shape index (κ1) is 9.85. The van der Waals surface area contributed by atoms with Crippen molar-refractivity contribution in [2.45, 2.75) is 13.5 Å². The minimum atomic E-state index is -0.946. The van der Waals surface area contributed by atoms with Gasteiger partial charge in [-0.25, -0.2) is 9.78 Å². The molecule has 0 spiro atoms. The Morgan fingerprint density at radius 1 is 1.67 bits per heavy atom. The van der Waals surface area contributed by atoms with Crippen molar-refractivity contribution in [3.63, 3.8) is 0 Å². The first-order chi connectivity index (χ1) is 7.18. The molecule has 0 aromatic carbocycles. The Kier molecular flexibility index (Phi) is 2.51. The van der Waals surface area contributed by atoms with Crippen molar-refractivity contribution < 1.29 is 9.90 Å². The molecule has 78 valence electrons. The highest BCUT2D eigenvalue weighted by Gasteiger charge is 2.13. The van der Waals surface area contributed by atoms with Gasteiger partial charge in [0, 0.05) is 11.6 Å². The quantitative estimate of drug-likeness (QED) is 0.853. The lowest BCUT2D eigenvalue weighted by Crippen LogP contribution is -2.05. The number of hydrogen-bond acceptors (Lipinski definition) is 4. The fraction of sp³-hybridized carbons (Fsp3) is 0.222. The van der Waals surface area contributed by atoms with Crippen molar-refractivity contribution in [2.24, 2.45) is 0 Å². The van der Waals surface area contributed by atoms with Crippen molar-refractivity contribution in [1.29, 1.82) is 0 Å². The molecule has 2 aromatic rings. The van der Waals surface area contributed by atoms with E-state index in [0.29, 0.717) is 12.2 Å². The van der Waals surface area contributed by atoms with Crippen LogP contribution in [0.4, 0.5) is 0 Å². The summed E-state index contributed by atoms with van der Waals surface area (Å²) in [5.74, 6) is -0.946. The van der Waals surface area contributed by atoms with Crippen LogP contribution in [0.2, 0.25) is 0 Å². The second kappa shape index (κ2) is 3.82. The van der Waals surface area contributed by atoms with Crippen LogP contribution in [0.1, 0.15) is 21.1 Å². The number of carbonyl (C=O) groups is 1. The van der Waals surface area contributed by atoms with Crippen molar-refractivity contribution >= 4 is 17.3 Å². The Balaban J connectivity index is 2.27. The van der Waals surface area contributed by atoms with Gasteiger partial charge in [0.05, 0.1) is 18.4 Å². The molecule has 0 amide bonds. The molecule has 2 aromatic heterocycles. The summed E-state index contributed by atoms with van der Waals surface area (Å²) >= 11 is 1.52. The molecule has 0 saturated heterocycles. The predicted octanol–water partition coefficient (Wildman–Crippen LogP) is 1.39. The van der Waals surface area contributed by atoms with E-state index in [0.717, 1.165) is 5.01 Å². The summed E-state index contributed by atoms with van der Waals surface area (Å²) in [6.45, 7) is 2.26. The predicted molar refractivity (Wildman–Crippen MR) is 55.1 cm³/mol. The Hall–Kier alpha value is -1.69. The number of hydrogen-bond donors (Lipinski definition) is 1. The van der Waals surface area contributed by atoms with Crippen LogP contribution in [0, 0.1) is 6.92 Å². The van der Waals surface area contributed by atoms with Crippen LogP contribution in [0.3, 0.4) is 0 Å². The first-order valence-corrected chi connectivity index (χ1v) is 5.20. The van der Waals surface area contributed by atoms with Crippen LogP contribution < -0.4 is 0 Å². The van der Waals surface area contributed by atoms with Gasteiger partial charge in [0.15, 0.2) is 0 Å². The third-order valence-electron chi connectivity index (χ3n) is 2.10. The summed E-state index contributed by atoms with van der Waals surface area (Å²) in [7, 11) is 0. The van der Waals surface area contributed by atoms with Crippen molar-refractivity contribution in [3.8, 4) is 0 Å². The van der Waals surface area contributed by atoms with Crippen LogP contribution in [0.5, 0.6) is 0 Å². The van der Waals surface area contributed by atoms with E-state index >= 15 is 0 Å². The van der Waals surface area contributed by atoms with Gasteiger partial charge in [-0.3, -0.25) is 4.68 Å². The Labute approximate surface area is 90.0 Å². The normalized spacial score (nSPS) is 10.5. The number of aromatic carboxylic acids is 1. The number of aromatic nitrogens is 3. The lowest BCUT2D eigenvalue weighted by Gasteiger charge is -2.01. The van der Waals surface area contributed by atoms with E-state index in [2.05, 4.69) is 10.1 Å². The molecule has 0 saturated carbocycles. The van der Waals surface area contributed by atoms with Crippen LogP contribution in [0.15, 0.2) is 17.8 Å². The molecule has 6 heteroatoms. The fourth-order valence-corrected chi connectivity index (χ4v) is 1.87. The van der Waals surface area contributed by atoms with Crippen LogP contribution in [-0.2, 0) is 6.54 Å².